The van der Waals surface area contributed by atoms with E-state index in [1.165, 1.54) is 18.0 Å². The topological polar surface area (TPSA) is 75.5 Å². The Morgan fingerprint density at radius 1 is 1.59 bits per heavy atom. The number of nitrogens with zero attached hydrogens (tertiary/aromatic N) is 2. The molecule has 1 aromatic carbocycles. The number of hydrogen-bond donors (Lipinski definition) is 1. The molecule has 0 heterocycles. The highest BCUT2D eigenvalue weighted by molar-refractivity contribution is 9.10. The average molecular weight is 302 g/mol. The van der Waals surface area contributed by atoms with Gasteiger partial charge in [0.2, 0.25) is 5.91 Å². The first-order chi connectivity index (χ1) is 7.95. The fraction of sp³-hybridized carbons (Fsp3) is 0.300. The summed E-state index contributed by atoms with van der Waals surface area (Å²) < 4.78 is 0.626. The van der Waals surface area contributed by atoms with Crippen LogP contribution in [0, 0.1) is 10.1 Å². The molecule has 0 aliphatic heterocycles. The number of halogens is 1. The van der Waals surface area contributed by atoms with Crippen LogP contribution in [0.2, 0.25) is 0 Å². The Hall–Kier alpha value is -1.63. The van der Waals surface area contributed by atoms with Crippen LogP contribution in [-0.4, -0.2) is 31.5 Å². The molecule has 1 N–H and O–H groups in total. The largest absolute Gasteiger partial charge is 0.360 e. The van der Waals surface area contributed by atoms with E-state index in [4.69, 9.17) is 0 Å². The monoisotopic (exact) mass is 301 g/mol. The number of carbonyl (C=O) groups excluding carboxylic acids is 1. The number of carbonyl (C=O) groups is 1. The number of likely N-dealkylation sites (N-methyl/N-ethyl adjacent to an activating group) is 2. The lowest BCUT2D eigenvalue weighted by molar-refractivity contribution is -0.384. The van der Waals surface area contributed by atoms with Crippen molar-refractivity contribution in [3.05, 3.63) is 32.8 Å². The van der Waals surface area contributed by atoms with E-state index in [0.717, 1.165) is 0 Å². The molecule has 0 atom stereocenters. The smallest absolute Gasteiger partial charge is 0.293 e. The molecule has 0 saturated heterocycles. The maximum absolute atomic E-state index is 11.2. The number of nitro benzene ring substituents is 1. The van der Waals surface area contributed by atoms with Crippen molar-refractivity contribution < 1.29 is 9.72 Å². The number of amides is 1. The molecular weight excluding hydrogens is 290 g/mol. The van der Waals surface area contributed by atoms with Crippen molar-refractivity contribution in [3.8, 4) is 0 Å². The highest BCUT2D eigenvalue weighted by Gasteiger charge is 2.18. The third-order valence-electron chi connectivity index (χ3n) is 2.21. The summed E-state index contributed by atoms with van der Waals surface area (Å²) in [5.74, 6) is -0.204. The second kappa shape index (κ2) is 5.62. The fourth-order valence-electron chi connectivity index (χ4n) is 1.35. The lowest BCUT2D eigenvalue weighted by Crippen LogP contribution is -2.33. The first-order valence-corrected chi connectivity index (χ1v) is 5.60. The van der Waals surface area contributed by atoms with Crippen molar-refractivity contribution in [1.82, 2.24) is 5.32 Å². The highest BCUT2D eigenvalue weighted by atomic mass is 79.9. The fourth-order valence-corrected chi connectivity index (χ4v) is 1.69. The van der Waals surface area contributed by atoms with E-state index < -0.39 is 4.92 Å². The Bertz CT molecular complexity index is 450. The molecule has 0 saturated carbocycles. The Kier molecular flexibility index (Phi) is 4.45. The van der Waals surface area contributed by atoms with Crippen molar-refractivity contribution in [2.45, 2.75) is 0 Å². The molecule has 0 fully saturated rings. The van der Waals surface area contributed by atoms with Crippen molar-refractivity contribution in [2.24, 2.45) is 0 Å². The van der Waals surface area contributed by atoms with Gasteiger partial charge in [-0.3, -0.25) is 14.9 Å². The van der Waals surface area contributed by atoms with Gasteiger partial charge < -0.3 is 10.2 Å². The van der Waals surface area contributed by atoms with Crippen LogP contribution < -0.4 is 10.2 Å². The van der Waals surface area contributed by atoms with Crippen LogP contribution in [0.5, 0.6) is 0 Å². The van der Waals surface area contributed by atoms with Crippen LogP contribution in [0.15, 0.2) is 22.7 Å². The number of nitro groups is 1. The molecule has 7 heteroatoms. The third-order valence-corrected chi connectivity index (χ3v) is 2.70. The zero-order valence-electron chi connectivity index (χ0n) is 9.44. The number of benzene rings is 1. The van der Waals surface area contributed by atoms with Gasteiger partial charge in [0.15, 0.2) is 0 Å². The van der Waals surface area contributed by atoms with Crippen LogP contribution in [0.3, 0.4) is 0 Å². The lowest BCUT2D eigenvalue weighted by Gasteiger charge is -2.18. The van der Waals surface area contributed by atoms with E-state index in [2.05, 4.69) is 21.2 Å². The van der Waals surface area contributed by atoms with Crippen molar-refractivity contribution >= 4 is 33.2 Å². The van der Waals surface area contributed by atoms with Gasteiger partial charge in [0.05, 0.1) is 11.5 Å². The summed E-state index contributed by atoms with van der Waals surface area (Å²) in [5.41, 5.74) is 0.368. The zero-order chi connectivity index (χ0) is 13.0. The molecule has 0 unspecified atom stereocenters. The normalized spacial score (nSPS) is 9.82. The number of rotatable bonds is 4. The Balaban J connectivity index is 3.04. The minimum atomic E-state index is -0.472. The van der Waals surface area contributed by atoms with Gasteiger partial charge in [0.1, 0.15) is 5.69 Å². The highest BCUT2D eigenvalue weighted by Crippen LogP contribution is 2.30. The second-order valence-electron chi connectivity index (χ2n) is 3.42. The molecule has 17 heavy (non-hydrogen) atoms. The first-order valence-electron chi connectivity index (χ1n) is 4.81. The Labute approximate surface area is 107 Å². The van der Waals surface area contributed by atoms with E-state index in [9.17, 15) is 14.9 Å². The SMILES string of the molecule is CNC(=O)CN(C)c1ccc(Br)cc1[N+](=O)[O-]. The third kappa shape index (κ3) is 3.42. The minimum absolute atomic E-state index is 0.0363. The molecular formula is C10H12BrN3O3. The van der Waals surface area contributed by atoms with Gasteiger partial charge in [-0.2, -0.15) is 0 Å². The number of anilines is 1. The molecule has 0 spiro atoms. The molecule has 92 valence electrons. The minimum Gasteiger partial charge on any atom is -0.360 e. The van der Waals surface area contributed by atoms with Crippen LogP contribution in [0.1, 0.15) is 0 Å². The van der Waals surface area contributed by atoms with E-state index in [1.807, 2.05) is 0 Å². The summed E-state index contributed by atoms with van der Waals surface area (Å²) in [6.45, 7) is 0.0684. The van der Waals surface area contributed by atoms with E-state index in [0.29, 0.717) is 10.2 Å². The van der Waals surface area contributed by atoms with Crippen LogP contribution in [0.4, 0.5) is 11.4 Å². The summed E-state index contributed by atoms with van der Waals surface area (Å²) in [4.78, 5) is 23.2. The van der Waals surface area contributed by atoms with Gasteiger partial charge in [-0.15, -0.1) is 0 Å². The maximum Gasteiger partial charge on any atom is 0.293 e. The van der Waals surface area contributed by atoms with Gasteiger partial charge in [0, 0.05) is 24.6 Å². The zero-order valence-corrected chi connectivity index (χ0v) is 11.0. The average Bonchev–Trinajstić information content (AvgIpc) is 2.28. The van der Waals surface area contributed by atoms with Crippen molar-refractivity contribution in [1.29, 1.82) is 0 Å². The van der Waals surface area contributed by atoms with Crippen LogP contribution in [-0.2, 0) is 4.79 Å². The lowest BCUT2D eigenvalue weighted by atomic mass is 10.2. The molecule has 1 rings (SSSR count). The predicted molar refractivity (Wildman–Crippen MR) is 68.1 cm³/mol. The van der Waals surface area contributed by atoms with Crippen molar-refractivity contribution in [3.63, 3.8) is 0 Å². The van der Waals surface area contributed by atoms with Gasteiger partial charge in [-0.25, -0.2) is 0 Å². The van der Waals surface area contributed by atoms with Crippen LogP contribution >= 0.6 is 15.9 Å². The van der Waals surface area contributed by atoms with E-state index in [1.54, 1.807) is 19.2 Å². The Morgan fingerprint density at radius 3 is 2.76 bits per heavy atom. The quantitative estimate of drug-likeness (QED) is 0.676. The first kappa shape index (κ1) is 13.4. The molecule has 0 aliphatic carbocycles. The predicted octanol–water partition coefficient (Wildman–Crippen LogP) is 1.54. The van der Waals surface area contributed by atoms with Gasteiger partial charge in [-0.1, -0.05) is 15.9 Å². The molecule has 1 aromatic rings. The second-order valence-corrected chi connectivity index (χ2v) is 4.34. The van der Waals surface area contributed by atoms with E-state index >= 15 is 0 Å². The van der Waals surface area contributed by atoms with Crippen molar-refractivity contribution in [2.75, 3.05) is 25.5 Å². The maximum atomic E-state index is 11.2. The molecule has 0 bridgehead atoms. The van der Waals surface area contributed by atoms with Gasteiger partial charge in [-0.05, 0) is 12.1 Å². The van der Waals surface area contributed by atoms with Gasteiger partial charge in [0.25, 0.3) is 5.69 Å². The summed E-state index contributed by atoms with van der Waals surface area (Å²) in [6, 6.07) is 4.71. The summed E-state index contributed by atoms with van der Waals surface area (Å²) in [6.07, 6.45) is 0. The Morgan fingerprint density at radius 2 is 2.24 bits per heavy atom. The summed E-state index contributed by atoms with van der Waals surface area (Å²) in [7, 11) is 3.15. The number of nitrogens with one attached hydrogen (secondary N) is 1. The number of hydrogen-bond acceptors (Lipinski definition) is 4. The van der Waals surface area contributed by atoms with Gasteiger partial charge >= 0.3 is 0 Å². The van der Waals surface area contributed by atoms with E-state index in [-0.39, 0.29) is 18.1 Å². The standard InChI is InChI=1S/C10H12BrN3O3/c1-12-10(15)6-13(2)8-4-3-7(11)5-9(8)14(16)17/h3-5H,6H2,1-2H3,(H,12,15). The summed E-state index contributed by atoms with van der Waals surface area (Å²) >= 11 is 3.18. The van der Waals surface area contributed by atoms with Crippen LogP contribution in [0.25, 0.3) is 0 Å². The molecule has 0 radical (unpaired) electrons. The molecule has 6 nitrogen and oxygen atoms in total. The summed E-state index contributed by atoms with van der Waals surface area (Å²) in [5, 5.41) is 13.4. The molecule has 0 aliphatic rings. The molecule has 0 aromatic heterocycles. The molecule has 1 amide bonds.